The SMILES string of the molecule is CCOC(=O)C1(Cc2cccc(Cl)c2)CC(CN)=NO1.Cl. The third-order valence-electron chi connectivity index (χ3n) is 3.10. The van der Waals surface area contributed by atoms with Crippen molar-refractivity contribution in [1.82, 2.24) is 0 Å². The third-order valence-corrected chi connectivity index (χ3v) is 3.34. The lowest BCUT2D eigenvalue weighted by Gasteiger charge is -2.24. The second kappa shape index (κ2) is 7.64. The molecule has 0 radical (unpaired) electrons. The predicted octanol–water partition coefficient (Wildman–Crippen LogP) is 2.34. The van der Waals surface area contributed by atoms with Crippen molar-refractivity contribution in [3.63, 3.8) is 0 Å². The molecule has 1 aromatic rings. The highest BCUT2D eigenvalue weighted by molar-refractivity contribution is 6.30. The van der Waals surface area contributed by atoms with Gasteiger partial charge in [-0.25, -0.2) is 4.79 Å². The van der Waals surface area contributed by atoms with Crippen molar-refractivity contribution >= 4 is 35.7 Å². The summed E-state index contributed by atoms with van der Waals surface area (Å²) in [6.45, 7) is 2.30. The molecular formula is C14H18Cl2N2O3. The highest BCUT2D eigenvalue weighted by Gasteiger charge is 2.47. The lowest BCUT2D eigenvalue weighted by molar-refractivity contribution is -0.168. The maximum Gasteiger partial charge on any atom is 0.354 e. The Kier molecular flexibility index (Phi) is 6.45. The van der Waals surface area contributed by atoms with E-state index in [2.05, 4.69) is 5.16 Å². The largest absolute Gasteiger partial charge is 0.463 e. The van der Waals surface area contributed by atoms with E-state index in [1.807, 2.05) is 12.1 Å². The Morgan fingerprint density at radius 2 is 2.33 bits per heavy atom. The molecule has 1 aliphatic rings. The van der Waals surface area contributed by atoms with Crippen LogP contribution in [0.2, 0.25) is 5.02 Å². The summed E-state index contributed by atoms with van der Waals surface area (Å²) in [5.74, 6) is -0.424. The van der Waals surface area contributed by atoms with Gasteiger partial charge in [0.05, 0.1) is 12.3 Å². The van der Waals surface area contributed by atoms with Gasteiger partial charge in [-0.2, -0.15) is 0 Å². The van der Waals surface area contributed by atoms with Crippen LogP contribution in [0.4, 0.5) is 0 Å². The van der Waals surface area contributed by atoms with Gasteiger partial charge in [-0.3, -0.25) is 0 Å². The van der Waals surface area contributed by atoms with Gasteiger partial charge in [-0.1, -0.05) is 28.9 Å². The van der Waals surface area contributed by atoms with E-state index in [4.69, 9.17) is 26.9 Å². The number of hydrogen-bond donors (Lipinski definition) is 1. The lowest BCUT2D eigenvalue weighted by atomic mass is 9.89. The Balaban J connectivity index is 0.00000220. The monoisotopic (exact) mass is 332 g/mol. The van der Waals surface area contributed by atoms with E-state index < -0.39 is 11.6 Å². The van der Waals surface area contributed by atoms with Crippen LogP contribution in [0.15, 0.2) is 29.4 Å². The fourth-order valence-electron chi connectivity index (χ4n) is 2.17. The van der Waals surface area contributed by atoms with Crippen LogP contribution in [0.3, 0.4) is 0 Å². The Morgan fingerprint density at radius 1 is 1.57 bits per heavy atom. The molecule has 21 heavy (non-hydrogen) atoms. The second-order valence-corrected chi connectivity index (χ2v) is 5.09. The van der Waals surface area contributed by atoms with Crippen LogP contribution in [-0.4, -0.2) is 30.4 Å². The number of carbonyl (C=O) groups is 1. The van der Waals surface area contributed by atoms with Crippen molar-refractivity contribution in [2.24, 2.45) is 10.9 Å². The average Bonchev–Trinajstić information content (AvgIpc) is 2.84. The minimum absolute atomic E-state index is 0. The maximum absolute atomic E-state index is 12.2. The van der Waals surface area contributed by atoms with Crippen LogP contribution in [-0.2, 0) is 20.8 Å². The van der Waals surface area contributed by atoms with Crippen LogP contribution < -0.4 is 5.73 Å². The zero-order chi connectivity index (χ0) is 14.6. The standard InChI is InChI=1S/C14H17ClN2O3.ClH/c1-2-19-13(18)14(8-12(9-16)17-20-14)7-10-4-3-5-11(15)6-10;/h3-6H,2,7-9,16H2,1H3;1H. The predicted molar refractivity (Wildman–Crippen MR) is 84.0 cm³/mol. The number of oxime groups is 1. The Bertz CT molecular complexity index is 537. The molecule has 0 amide bonds. The van der Waals surface area contributed by atoms with E-state index in [1.165, 1.54) is 0 Å². The first-order valence-corrected chi connectivity index (χ1v) is 6.83. The van der Waals surface area contributed by atoms with E-state index >= 15 is 0 Å². The maximum atomic E-state index is 12.2. The molecule has 1 unspecified atom stereocenters. The molecule has 1 aliphatic heterocycles. The van der Waals surface area contributed by atoms with Crippen molar-refractivity contribution in [2.45, 2.75) is 25.4 Å². The fraction of sp³-hybridized carbons (Fsp3) is 0.429. The minimum Gasteiger partial charge on any atom is -0.463 e. The summed E-state index contributed by atoms with van der Waals surface area (Å²) in [4.78, 5) is 17.6. The topological polar surface area (TPSA) is 73.9 Å². The van der Waals surface area contributed by atoms with E-state index in [9.17, 15) is 4.79 Å². The lowest BCUT2D eigenvalue weighted by Crippen LogP contribution is -2.43. The summed E-state index contributed by atoms with van der Waals surface area (Å²) in [5, 5.41) is 4.50. The molecule has 0 aliphatic carbocycles. The summed E-state index contributed by atoms with van der Waals surface area (Å²) in [6, 6.07) is 7.29. The van der Waals surface area contributed by atoms with Gasteiger partial charge in [0.2, 0.25) is 5.60 Å². The van der Waals surface area contributed by atoms with Gasteiger partial charge in [0.25, 0.3) is 0 Å². The molecule has 1 aromatic carbocycles. The van der Waals surface area contributed by atoms with Gasteiger partial charge in [0, 0.05) is 24.4 Å². The molecule has 7 heteroatoms. The molecule has 1 atom stereocenters. The molecule has 0 saturated carbocycles. The van der Waals surface area contributed by atoms with Gasteiger partial charge in [-0.15, -0.1) is 12.4 Å². The number of hydrogen-bond acceptors (Lipinski definition) is 5. The van der Waals surface area contributed by atoms with Crippen LogP contribution in [0.5, 0.6) is 0 Å². The minimum atomic E-state index is -1.13. The summed E-state index contributed by atoms with van der Waals surface area (Å²) >= 11 is 5.97. The second-order valence-electron chi connectivity index (χ2n) is 4.65. The number of rotatable bonds is 5. The number of benzene rings is 1. The van der Waals surface area contributed by atoms with Gasteiger partial charge >= 0.3 is 5.97 Å². The van der Waals surface area contributed by atoms with Gasteiger partial charge in [0.15, 0.2) is 0 Å². The molecule has 2 rings (SSSR count). The number of halogens is 2. The molecule has 0 saturated heterocycles. The van der Waals surface area contributed by atoms with E-state index in [0.717, 1.165) is 5.56 Å². The van der Waals surface area contributed by atoms with Crippen molar-refractivity contribution in [3.8, 4) is 0 Å². The van der Waals surface area contributed by atoms with E-state index in [0.29, 0.717) is 23.6 Å². The number of ether oxygens (including phenoxy) is 1. The zero-order valence-corrected chi connectivity index (χ0v) is 13.2. The van der Waals surface area contributed by atoms with Crippen LogP contribution in [0, 0.1) is 0 Å². The molecule has 1 heterocycles. The first-order chi connectivity index (χ1) is 9.59. The van der Waals surface area contributed by atoms with E-state index in [-0.39, 0.29) is 25.6 Å². The first-order valence-electron chi connectivity index (χ1n) is 6.45. The van der Waals surface area contributed by atoms with Gasteiger partial charge in [-0.05, 0) is 24.6 Å². The number of carbonyl (C=O) groups excluding carboxylic acids is 1. The van der Waals surface area contributed by atoms with Crippen LogP contribution >= 0.6 is 24.0 Å². The third kappa shape index (κ3) is 4.09. The molecular weight excluding hydrogens is 315 g/mol. The normalized spacial score (nSPS) is 20.2. The number of nitrogens with zero attached hydrogens (tertiary/aromatic N) is 1. The number of nitrogens with two attached hydrogens (primary N) is 1. The quantitative estimate of drug-likeness (QED) is 0.840. The number of esters is 1. The molecule has 2 N–H and O–H groups in total. The molecule has 0 aromatic heterocycles. The smallest absolute Gasteiger partial charge is 0.354 e. The Hall–Kier alpha value is -1.30. The molecule has 0 spiro atoms. The van der Waals surface area contributed by atoms with E-state index in [1.54, 1.807) is 19.1 Å². The van der Waals surface area contributed by atoms with Crippen molar-refractivity contribution in [2.75, 3.05) is 13.2 Å². The highest BCUT2D eigenvalue weighted by Crippen LogP contribution is 2.30. The summed E-state index contributed by atoms with van der Waals surface area (Å²) in [6.07, 6.45) is 0.689. The molecule has 116 valence electrons. The average molecular weight is 333 g/mol. The van der Waals surface area contributed by atoms with Gasteiger partial charge in [0.1, 0.15) is 0 Å². The van der Waals surface area contributed by atoms with Crippen molar-refractivity contribution < 1.29 is 14.4 Å². The Labute approximate surface area is 134 Å². The highest BCUT2D eigenvalue weighted by atomic mass is 35.5. The van der Waals surface area contributed by atoms with Crippen molar-refractivity contribution in [1.29, 1.82) is 0 Å². The fourth-order valence-corrected chi connectivity index (χ4v) is 2.38. The first kappa shape index (κ1) is 17.8. The van der Waals surface area contributed by atoms with Crippen LogP contribution in [0.1, 0.15) is 18.9 Å². The molecule has 0 bridgehead atoms. The Morgan fingerprint density at radius 3 is 2.90 bits per heavy atom. The van der Waals surface area contributed by atoms with Gasteiger partial charge < -0.3 is 15.3 Å². The summed E-state index contributed by atoms with van der Waals surface area (Å²) in [7, 11) is 0. The summed E-state index contributed by atoms with van der Waals surface area (Å²) in [5.41, 5.74) is 5.97. The molecule has 0 fully saturated rings. The zero-order valence-electron chi connectivity index (χ0n) is 11.7. The van der Waals surface area contributed by atoms with Crippen LogP contribution in [0.25, 0.3) is 0 Å². The van der Waals surface area contributed by atoms with Crippen molar-refractivity contribution in [3.05, 3.63) is 34.9 Å². The molecule has 5 nitrogen and oxygen atoms in total. The summed E-state index contributed by atoms with van der Waals surface area (Å²) < 4.78 is 5.11.